The van der Waals surface area contributed by atoms with Crippen LogP contribution in [0.3, 0.4) is 0 Å². The van der Waals surface area contributed by atoms with Crippen molar-refractivity contribution in [2.45, 2.75) is 0 Å². The van der Waals surface area contributed by atoms with E-state index in [0.717, 1.165) is 3.57 Å². The van der Waals surface area contributed by atoms with E-state index in [2.05, 4.69) is 22.6 Å². The summed E-state index contributed by atoms with van der Waals surface area (Å²) in [5.74, 6) is 0.582. The van der Waals surface area contributed by atoms with E-state index >= 15 is 0 Å². The zero-order chi connectivity index (χ0) is 13.0. The SMILES string of the molecule is O=C(COc1cc(Cl)ccc1I)c1ccccc1. The molecule has 2 aromatic carbocycles. The lowest BCUT2D eigenvalue weighted by Crippen LogP contribution is -2.11. The van der Waals surface area contributed by atoms with Crippen molar-refractivity contribution in [3.8, 4) is 5.75 Å². The number of benzene rings is 2. The van der Waals surface area contributed by atoms with Gasteiger partial charge in [-0.2, -0.15) is 0 Å². The molecule has 0 heterocycles. The Balaban J connectivity index is 2.04. The van der Waals surface area contributed by atoms with Crippen LogP contribution in [0.4, 0.5) is 0 Å². The summed E-state index contributed by atoms with van der Waals surface area (Å²) in [6, 6.07) is 14.4. The lowest BCUT2D eigenvalue weighted by atomic mass is 10.1. The number of ketones is 1. The maximum Gasteiger partial charge on any atom is 0.200 e. The molecule has 18 heavy (non-hydrogen) atoms. The first-order valence-corrected chi connectivity index (χ1v) is 6.78. The first-order valence-electron chi connectivity index (χ1n) is 5.33. The van der Waals surface area contributed by atoms with Gasteiger partial charge < -0.3 is 4.74 Å². The van der Waals surface area contributed by atoms with Crippen LogP contribution in [0.25, 0.3) is 0 Å². The van der Waals surface area contributed by atoms with E-state index in [1.54, 1.807) is 24.3 Å². The van der Waals surface area contributed by atoms with Crippen LogP contribution < -0.4 is 4.74 Å². The molecule has 0 aliphatic carbocycles. The molecule has 0 amide bonds. The third-order valence-electron chi connectivity index (χ3n) is 2.35. The van der Waals surface area contributed by atoms with Gasteiger partial charge in [-0.3, -0.25) is 4.79 Å². The summed E-state index contributed by atoms with van der Waals surface area (Å²) in [5.41, 5.74) is 0.648. The molecule has 0 spiro atoms. The van der Waals surface area contributed by atoms with Gasteiger partial charge in [-0.1, -0.05) is 41.9 Å². The Morgan fingerprint density at radius 2 is 1.89 bits per heavy atom. The average Bonchev–Trinajstić information content (AvgIpc) is 2.40. The highest BCUT2D eigenvalue weighted by Crippen LogP contribution is 2.24. The largest absolute Gasteiger partial charge is 0.484 e. The zero-order valence-electron chi connectivity index (χ0n) is 9.40. The fourth-order valence-electron chi connectivity index (χ4n) is 1.44. The number of Topliss-reactive ketones (excluding diaryl/α,β-unsaturated/α-hetero) is 1. The molecule has 0 N–H and O–H groups in total. The molecule has 0 unspecified atom stereocenters. The van der Waals surface area contributed by atoms with Crippen molar-refractivity contribution < 1.29 is 9.53 Å². The smallest absolute Gasteiger partial charge is 0.200 e. The molecule has 92 valence electrons. The second kappa shape index (κ2) is 6.20. The van der Waals surface area contributed by atoms with Crippen molar-refractivity contribution in [1.82, 2.24) is 0 Å². The van der Waals surface area contributed by atoms with Gasteiger partial charge in [0.05, 0.1) is 3.57 Å². The highest BCUT2D eigenvalue weighted by atomic mass is 127. The molecule has 0 aromatic heterocycles. The number of carbonyl (C=O) groups excluding carboxylic acids is 1. The van der Waals surface area contributed by atoms with Crippen molar-refractivity contribution in [3.63, 3.8) is 0 Å². The van der Waals surface area contributed by atoms with Crippen LogP contribution in [0.2, 0.25) is 5.02 Å². The standard InChI is InChI=1S/C14H10ClIO2/c15-11-6-7-12(16)14(8-11)18-9-13(17)10-4-2-1-3-5-10/h1-8H,9H2. The maximum absolute atomic E-state index is 11.9. The van der Waals surface area contributed by atoms with E-state index < -0.39 is 0 Å². The topological polar surface area (TPSA) is 26.3 Å². The van der Waals surface area contributed by atoms with Crippen LogP contribution in [-0.4, -0.2) is 12.4 Å². The number of rotatable bonds is 4. The number of hydrogen-bond acceptors (Lipinski definition) is 2. The first-order chi connectivity index (χ1) is 8.66. The normalized spacial score (nSPS) is 10.1. The Labute approximate surface area is 124 Å². The summed E-state index contributed by atoms with van der Waals surface area (Å²) in [4.78, 5) is 11.9. The minimum Gasteiger partial charge on any atom is -0.484 e. The molecule has 0 aliphatic rings. The van der Waals surface area contributed by atoms with E-state index in [-0.39, 0.29) is 12.4 Å². The summed E-state index contributed by atoms with van der Waals surface area (Å²) in [7, 11) is 0. The van der Waals surface area contributed by atoms with Gasteiger partial charge in [0, 0.05) is 10.6 Å². The maximum atomic E-state index is 11.9. The van der Waals surface area contributed by atoms with Crippen molar-refractivity contribution in [3.05, 3.63) is 62.7 Å². The molecule has 0 atom stereocenters. The highest BCUT2D eigenvalue weighted by Gasteiger charge is 2.08. The third kappa shape index (κ3) is 3.46. The van der Waals surface area contributed by atoms with Crippen LogP contribution in [0.15, 0.2) is 48.5 Å². The minimum absolute atomic E-state index is 0.0142. The van der Waals surface area contributed by atoms with E-state index in [4.69, 9.17) is 16.3 Å². The summed E-state index contributed by atoms with van der Waals surface area (Å²) in [6.45, 7) is 0.0142. The molecule has 0 radical (unpaired) electrons. The van der Waals surface area contributed by atoms with Crippen LogP contribution in [0, 0.1) is 3.57 Å². The van der Waals surface area contributed by atoms with Crippen LogP contribution in [0.5, 0.6) is 5.75 Å². The second-order valence-electron chi connectivity index (χ2n) is 3.65. The monoisotopic (exact) mass is 372 g/mol. The lowest BCUT2D eigenvalue weighted by Gasteiger charge is -2.07. The van der Waals surface area contributed by atoms with E-state index in [0.29, 0.717) is 16.3 Å². The molecular weight excluding hydrogens is 363 g/mol. The Kier molecular flexibility index (Phi) is 4.60. The molecule has 2 aromatic rings. The van der Waals surface area contributed by atoms with Crippen LogP contribution in [-0.2, 0) is 0 Å². The molecule has 0 aliphatic heterocycles. The molecule has 4 heteroatoms. The molecular formula is C14H10ClIO2. The van der Waals surface area contributed by atoms with Gasteiger partial charge >= 0.3 is 0 Å². The summed E-state index contributed by atoms with van der Waals surface area (Å²) in [6.07, 6.45) is 0. The van der Waals surface area contributed by atoms with Gasteiger partial charge in [-0.05, 0) is 40.8 Å². The van der Waals surface area contributed by atoms with Crippen molar-refractivity contribution in [1.29, 1.82) is 0 Å². The van der Waals surface area contributed by atoms with Gasteiger partial charge in [-0.25, -0.2) is 0 Å². The Bertz CT molecular complexity index is 555. The first kappa shape index (κ1) is 13.4. The van der Waals surface area contributed by atoms with E-state index in [1.165, 1.54) is 0 Å². The fraction of sp³-hybridized carbons (Fsp3) is 0.0714. The van der Waals surface area contributed by atoms with E-state index in [9.17, 15) is 4.79 Å². The summed E-state index contributed by atoms with van der Waals surface area (Å²) >= 11 is 8.02. The minimum atomic E-state index is -0.0497. The molecule has 0 fully saturated rings. The second-order valence-corrected chi connectivity index (χ2v) is 5.25. The molecule has 0 saturated carbocycles. The average molecular weight is 373 g/mol. The van der Waals surface area contributed by atoms with Gasteiger partial charge in [0.2, 0.25) is 0 Å². The van der Waals surface area contributed by atoms with Gasteiger partial charge in [0.25, 0.3) is 0 Å². The third-order valence-corrected chi connectivity index (χ3v) is 3.47. The molecule has 2 nitrogen and oxygen atoms in total. The number of hydrogen-bond donors (Lipinski definition) is 0. The predicted octanol–water partition coefficient (Wildman–Crippen LogP) is 4.21. The predicted molar refractivity (Wildman–Crippen MR) is 80.4 cm³/mol. The Morgan fingerprint density at radius 3 is 2.61 bits per heavy atom. The summed E-state index contributed by atoms with van der Waals surface area (Å²) < 4.78 is 6.42. The molecule has 0 bridgehead atoms. The number of halogens is 2. The molecule has 0 saturated heterocycles. The number of ether oxygens (including phenoxy) is 1. The number of carbonyl (C=O) groups is 1. The Hall–Kier alpha value is -1.07. The van der Waals surface area contributed by atoms with Crippen molar-refractivity contribution >= 4 is 40.0 Å². The van der Waals surface area contributed by atoms with Gasteiger partial charge in [0.15, 0.2) is 12.4 Å². The van der Waals surface area contributed by atoms with E-state index in [1.807, 2.05) is 24.3 Å². The molecule has 2 rings (SSSR count). The fourth-order valence-corrected chi connectivity index (χ4v) is 2.09. The van der Waals surface area contributed by atoms with Gasteiger partial charge in [0.1, 0.15) is 5.75 Å². The summed E-state index contributed by atoms with van der Waals surface area (Å²) in [5, 5.41) is 0.595. The van der Waals surface area contributed by atoms with Crippen molar-refractivity contribution in [2.75, 3.05) is 6.61 Å². The quantitative estimate of drug-likeness (QED) is 0.594. The Morgan fingerprint density at radius 1 is 1.17 bits per heavy atom. The van der Waals surface area contributed by atoms with Crippen molar-refractivity contribution in [2.24, 2.45) is 0 Å². The lowest BCUT2D eigenvalue weighted by molar-refractivity contribution is 0.0921. The van der Waals surface area contributed by atoms with Crippen LogP contribution >= 0.6 is 34.2 Å². The highest BCUT2D eigenvalue weighted by molar-refractivity contribution is 14.1. The van der Waals surface area contributed by atoms with Gasteiger partial charge in [-0.15, -0.1) is 0 Å². The zero-order valence-corrected chi connectivity index (χ0v) is 12.3. The van der Waals surface area contributed by atoms with Crippen LogP contribution in [0.1, 0.15) is 10.4 Å².